The summed E-state index contributed by atoms with van der Waals surface area (Å²) >= 11 is 1.52. The van der Waals surface area contributed by atoms with E-state index in [1.165, 1.54) is 17.7 Å². The third-order valence-corrected chi connectivity index (χ3v) is 4.45. The molecular formula is C11H9N5OS. The van der Waals surface area contributed by atoms with Crippen molar-refractivity contribution >= 4 is 21.6 Å². The van der Waals surface area contributed by atoms with E-state index in [9.17, 15) is 4.79 Å². The first-order valence-corrected chi connectivity index (χ1v) is 6.46. The fourth-order valence-corrected chi connectivity index (χ4v) is 3.64. The molecule has 90 valence electrons. The predicted molar refractivity (Wildman–Crippen MR) is 67.7 cm³/mol. The lowest BCUT2D eigenvalue weighted by Gasteiger charge is -2.14. The number of rotatable bonds is 0. The molecule has 6 nitrogen and oxygen atoms in total. The molecule has 18 heavy (non-hydrogen) atoms. The second-order valence-electron chi connectivity index (χ2n) is 4.29. The largest absolute Gasteiger partial charge is 0.313 e. The third kappa shape index (κ3) is 1.11. The van der Waals surface area contributed by atoms with Crippen molar-refractivity contribution < 1.29 is 0 Å². The summed E-state index contributed by atoms with van der Waals surface area (Å²) in [6, 6.07) is 0. The van der Waals surface area contributed by atoms with Crippen LogP contribution in [0.1, 0.15) is 11.4 Å². The molecule has 7 heteroatoms. The highest BCUT2D eigenvalue weighted by atomic mass is 32.1. The number of hydrogen-bond acceptors (Lipinski definition) is 5. The number of H-pyrrole nitrogens is 1. The van der Waals surface area contributed by atoms with Crippen molar-refractivity contribution in [2.24, 2.45) is 0 Å². The van der Waals surface area contributed by atoms with Crippen LogP contribution in [0.25, 0.3) is 20.9 Å². The van der Waals surface area contributed by atoms with E-state index in [0.29, 0.717) is 5.39 Å². The highest BCUT2D eigenvalue weighted by Crippen LogP contribution is 2.38. The Labute approximate surface area is 105 Å². The maximum atomic E-state index is 11.9. The fourth-order valence-electron chi connectivity index (χ4n) is 2.46. The standard InChI is InChI=1S/C11H9N5OS/c1-5-14-15-9-8-6(2-3-16(5)9)7-10(17)12-4-13-11(7)18-8/h4H,2-3H2,1H3,(H,12,13,17). The minimum Gasteiger partial charge on any atom is -0.313 e. The van der Waals surface area contributed by atoms with Crippen LogP contribution in [0.5, 0.6) is 0 Å². The lowest BCUT2D eigenvalue weighted by molar-refractivity contribution is 0.667. The number of hydrogen-bond donors (Lipinski definition) is 1. The summed E-state index contributed by atoms with van der Waals surface area (Å²) in [5, 5.41) is 9.02. The third-order valence-electron chi connectivity index (χ3n) is 3.32. The summed E-state index contributed by atoms with van der Waals surface area (Å²) in [6.45, 7) is 2.77. The molecule has 1 aliphatic rings. The zero-order valence-electron chi connectivity index (χ0n) is 9.60. The Balaban J connectivity index is 2.15. The first kappa shape index (κ1) is 9.95. The topological polar surface area (TPSA) is 76.5 Å². The van der Waals surface area contributed by atoms with E-state index in [1.54, 1.807) is 0 Å². The summed E-state index contributed by atoms with van der Waals surface area (Å²) in [7, 11) is 0. The van der Waals surface area contributed by atoms with Crippen LogP contribution in [-0.4, -0.2) is 24.7 Å². The first-order valence-electron chi connectivity index (χ1n) is 5.65. The van der Waals surface area contributed by atoms with Crippen LogP contribution in [0, 0.1) is 6.92 Å². The Morgan fingerprint density at radius 3 is 3.22 bits per heavy atom. The van der Waals surface area contributed by atoms with Crippen molar-refractivity contribution in [3.8, 4) is 10.7 Å². The van der Waals surface area contributed by atoms with Gasteiger partial charge in [-0.3, -0.25) is 4.79 Å². The van der Waals surface area contributed by atoms with E-state index in [-0.39, 0.29) is 5.56 Å². The Bertz CT molecular complexity index is 828. The summed E-state index contributed by atoms with van der Waals surface area (Å²) in [6.07, 6.45) is 2.28. The van der Waals surface area contributed by atoms with Crippen molar-refractivity contribution in [3.63, 3.8) is 0 Å². The summed E-state index contributed by atoms with van der Waals surface area (Å²) in [5.74, 6) is 1.77. The summed E-state index contributed by atoms with van der Waals surface area (Å²) in [4.78, 5) is 20.6. The molecule has 0 fully saturated rings. The van der Waals surface area contributed by atoms with Gasteiger partial charge in [0.25, 0.3) is 5.56 Å². The van der Waals surface area contributed by atoms with E-state index >= 15 is 0 Å². The minimum atomic E-state index is -0.0674. The highest BCUT2D eigenvalue weighted by molar-refractivity contribution is 7.22. The molecule has 0 bridgehead atoms. The molecule has 0 atom stereocenters. The maximum absolute atomic E-state index is 11.9. The quantitative estimate of drug-likeness (QED) is 0.656. The SMILES string of the molecule is Cc1nnc2n1CCc1c-2sc2nc[nH]c(=O)c12. The molecule has 0 spiro atoms. The zero-order valence-corrected chi connectivity index (χ0v) is 10.4. The molecule has 0 amide bonds. The average molecular weight is 259 g/mol. The van der Waals surface area contributed by atoms with E-state index < -0.39 is 0 Å². The molecule has 4 heterocycles. The number of nitrogens with one attached hydrogen (secondary N) is 1. The molecular weight excluding hydrogens is 250 g/mol. The van der Waals surface area contributed by atoms with Crippen LogP contribution in [-0.2, 0) is 13.0 Å². The molecule has 0 saturated carbocycles. The Hall–Kier alpha value is -2.02. The van der Waals surface area contributed by atoms with Gasteiger partial charge in [0.15, 0.2) is 5.82 Å². The normalized spacial score (nSPS) is 13.6. The summed E-state index contributed by atoms with van der Waals surface area (Å²) in [5.41, 5.74) is 0.992. The molecule has 1 aliphatic heterocycles. The molecule has 0 unspecified atom stereocenters. The smallest absolute Gasteiger partial charge is 0.259 e. The van der Waals surface area contributed by atoms with Crippen molar-refractivity contribution in [1.29, 1.82) is 0 Å². The van der Waals surface area contributed by atoms with Gasteiger partial charge in [0, 0.05) is 6.54 Å². The predicted octanol–water partition coefficient (Wildman–Crippen LogP) is 1.11. The van der Waals surface area contributed by atoms with Crippen molar-refractivity contribution in [2.75, 3.05) is 0 Å². The average Bonchev–Trinajstić information content (AvgIpc) is 2.91. The van der Waals surface area contributed by atoms with Crippen LogP contribution in [0.2, 0.25) is 0 Å². The van der Waals surface area contributed by atoms with Crippen LogP contribution >= 0.6 is 11.3 Å². The van der Waals surface area contributed by atoms with Gasteiger partial charge in [0.2, 0.25) is 0 Å². The van der Waals surface area contributed by atoms with Crippen molar-refractivity contribution in [1.82, 2.24) is 24.7 Å². The van der Waals surface area contributed by atoms with E-state index in [0.717, 1.165) is 39.9 Å². The van der Waals surface area contributed by atoms with Crippen LogP contribution in [0.15, 0.2) is 11.1 Å². The van der Waals surface area contributed by atoms with Gasteiger partial charge in [-0.1, -0.05) is 0 Å². The lowest BCUT2D eigenvalue weighted by Crippen LogP contribution is -2.13. The highest BCUT2D eigenvalue weighted by Gasteiger charge is 2.25. The molecule has 3 aromatic rings. The van der Waals surface area contributed by atoms with E-state index in [4.69, 9.17) is 0 Å². The second kappa shape index (κ2) is 3.26. The lowest BCUT2D eigenvalue weighted by atomic mass is 10.1. The number of nitrogens with zero attached hydrogens (tertiary/aromatic N) is 4. The van der Waals surface area contributed by atoms with Gasteiger partial charge in [-0.15, -0.1) is 21.5 Å². The second-order valence-corrected chi connectivity index (χ2v) is 5.29. The van der Waals surface area contributed by atoms with Crippen LogP contribution in [0.3, 0.4) is 0 Å². The van der Waals surface area contributed by atoms with E-state index in [1.807, 2.05) is 6.92 Å². The molecule has 0 radical (unpaired) electrons. The van der Waals surface area contributed by atoms with Gasteiger partial charge >= 0.3 is 0 Å². The Morgan fingerprint density at radius 2 is 2.33 bits per heavy atom. The molecule has 4 rings (SSSR count). The van der Waals surface area contributed by atoms with Gasteiger partial charge in [-0.2, -0.15) is 0 Å². The van der Waals surface area contributed by atoms with E-state index in [2.05, 4.69) is 24.7 Å². The van der Waals surface area contributed by atoms with Crippen molar-refractivity contribution in [2.45, 2.75) is 19.9 Å². The zero-order chi connectivity index (χ0) is 12.3. The van der Waals surface area contributed by atoms with Gasteiger partial charge in [0.05, 0.1) is 16.6 Å². The molecule has 0 saturated heterocycles. The van der Waals surface area contributed by atoms with Crippen LogP contribution < -0.4 is 5.56 Å². The van der Waals surface area contributed by atoms with Crippen LogP contribution in [0.4, 0.5) is 0 Å². The molecule has 3 aromatic heterocycles. The Kier molecular flexibility index (Phi) is 1.80. The summed E-state index contributed by atoms with van der Waals surface area (Å²) < 4.78 is 2.09. The van der Waals surface area contributed by atoms with Gasteiger partial charge < -0.3 is 9.55 Å². The van der Waals surface area contributed by atoms with Gasteiger partial charge in [-0.05, 0) is 18.9 Å². The monoisotopic (exact) mass is 259 g/mol. The number of fused-ring (bicyclic) bond motifs is 5. The van der Waals surface area contributed by atoms with Gasteiger partial charge in [-0.25, -0.2) is 4.98 Å². The van der Waals surface area contributed by atoms with Crippen molar-refractivity contribution in [3.05, 3.63) is 28.1 Å². The molecule has 1 N–H and O–H groups in total. The molecule has 0 aliphatic carbocycles. The number of aromatic amines is 1. The number of thiophene rings is 1. The fraction of sp³-hybridized carbons (Fsp3) is 0.273. The minimum absolute atomic E-state index is 0.0674. The first-order chi connectivity index (χ1) is 8.75. The number of aromatic nitrogens is 5. The number of aryl methyl sites for hydroxylation is 2. The maximum Gasteiger partial charge on any atom is 0.259 e. The van der Waals surface area contributed by atoms with Gasteiger partial charge in [0.1, 0.15) is 10.7 Å². The Morgan fingerprint density at radius 1 is 1.44 bits per heavy atom. The molecule has 0 aromatic carbocycles.